The second-order valence-electron chi connectivity index (χ2n) is 5.95. The maximum absolute atomic E-state index is 14.1. The van der Waals surface area contributed by atoms with E-state index in [-0.39, 0.29) is 12.4 Å². The van der Waals surface area contributed by atoms with E-state index in [1.807, 2.05) is 37.3 Å². The quantitative estimate of drug-likeness (QED) is 0.432. The first-order valence-corrected chi connectivity index (χ1v) is 8.52. The summed E-state index contributed by atoms with van der Waals surface area (Å²) < 4.78 is 14.1. The SMILES string of the molecule is Cc1c(C#Cc2ccc(CNCC=O)nn2)cc(F)cc1-c1ccccc1. The molecule has 0 saturated heterocycles. The summed E-state index contributed by atoms with van der Waals surface area (Å²) in [6.45, 7) is 2.66. The number of nitrogens with zero attached hydrogens (tertiary/aromatic N) is 2. The van der Waals surface area contributed by atoms with Crippen LogP contribution >= 0.6 is 0 Å². The molecule has 0 aliphatic rings. The third-order valence-corrected chi connectivity index (χ3v) is 4.04. The molecule has 1 aromatic heterocycles. The van der Waals surface area contributed by atoms with Crippen molar-refractivity contribution in [2.24, 2.45) is 0 Å². The van der Waals surface area contributed by atoms with Gasteiger partial charge in [-0.15, -0.1) is 5.10 Å². The van der Waals surface area contributed by atoms with E-state index in [1.54, 1.807) is 12.1 Å². The number of aldehydes is 1. The Balaban J connectivity index is 1.84. The van der Waals surface area contributed by atoms with Gasteiger partial charge in [-0.05, 0) is 53.8 Å². The topological polar surface area (TPSA) is 54.9 Å². The van der Waals surface area contributed by atoms with Gasteiger partial charge in [0.25, 0.3) is 0 Å². The zero-order valence-corrected chi connectivity index (χ0v) is 14.9. The molecule has 0 saturated carbocycles. The van der Waals surface area contributed by atoms with Crippen molar-refractivity contribution in [2.75, 3.05) is 6.54 Å². The van der Waals surface area contributed by atoms with E-state index >= 15 is 0 Å². The van der Waals surface area contributed by atoms with Crippen LogP contribution in [0.15, 0.2) is 54.6 Å². The molecule has 0 atom stereocenters. The number of nitrogens with one attached hydrogen (secondary N) is 1. The van der Waals surface area contributed by atoms with Crippen molar-refractivity contribution in [1.82, 2.24) is 15.5 Å². The Morgan fingerprint density at radius 2 is 1.89 bits per heavy atom. The first kappa shape index (κ1) is 18.4. The molecule has 0 unspecified atom stereocenters. The van der Waals surface area contributed by atoms with Crippen molar-refractivity contribution in [3.05, 3.63) is 82.9 Å². The van der Waals surface area contributed by atoms with Gasteiger partial charge in [0.1, 0.15) is 17.8 Å². The Bertz CT molecular complexity index is 990. The molecule has 0 aliphatic carbocycles. The summed E-state index contributed by atoms with van der Waals surface area (Å²) in [4.78, 5) is 10.3. The highest BCUT2D eigenvalue weighted by molar-refractivity contribution is 5.70. The molecular weight excluding hydrogens is 341 g/mol. The first-order chi connectivity index (χ1) is 13.2. The number of hydrogen-bond donors (Lipinski definition) is 1. The van der Waals surface area contributed by atoms with E-state index in [2.05, 4.69) is 27.4 Å². The summed E-state index contributed by atoms with van der Waals surface area (Å²) in [6.07, 6.45) is 0.790. The van der Waals surface area contributed by atoms with Gasteiger partial charge in [0.2, 0.25) is 0 Å². The van der Waals surface area contributed by atoms with Crippen LogP contribution in [-0.4, -0.2) is 23.0 Å². The Labute approximate surface area is 157 Å². The third kappa shape index (κ3) is 4.84. The number of carbonyl (C=O) groups excluding carboxylic acids is 1. The van der Waals surface area contributed by atoms with Gasteiger partial charge < -0.3 is 10.1 Å². The third-order valence-electron chi connectivity index (χ3n) is 4.04. The van der Waals surface area contributed by atoms with Gasteiger partial charge in [0.05, 0.1) is 12.2 Å². The summed E-state index contributed by atoms with van der Waals surface area (Å²) in [6, 6.07) is 16.2. The van der Waals surface area contributed by atoms with Gasteiger partial charge in [0, 0.05) is 12.1 Å². The van der Waals surface area contributed by atoms with Crippen molar-refractivity contribution >= 4 is 6.29 Å². The highest BCUT2D eigenvalue weighted by Crippen LogP contribution is 2.26. The molecule has 0 spiro atoms. The van der Waals surface area contributed by atoms with Crippen LogP contribution in [0.3, 0.4) is 0 Å². The lowest BCUT2D eigenvalue weighted by Gasteiger charge is -2.08. The van der Waals surface area contributed by atoms with Crippen LogP contribution in [0.5, 0.6) is 0 Å². The van der Waals surface area contributed by atoms with Crippen molar-refractivity contribution in [2.45, 2.75) is 13.5 Å². The molecule has 134 valence electrons. The van der Waals surface area contributed by atoms with Crippen LogP contribution in [0.1, 0.15) is 22.5 Å². The largest absolute Gasteiger partial charge is 0.305 e. The summed E-state index contributed by atoms with van der Waals surface area (Å²) >= 11 is 0. The number of halogens is 1. The van der Waals surface area contributed by atoms with Gasteiger partial charge in [-0.25, -0.2) is 4.39 Å². The average molecular weight is 359 g/mol. The summed E-state index contributed by atoms with van der Waals surface area (Å²) in [5.74, 6) is 5.61. The predicted molar refractivity (Wildman–Crippen MR) is 102 cm³/mol. The maximum Gasteiger partial charge on any atom is 0.136 e. The fraction of sp³-hybridized carbons (Fsp3) is 0.136. The molecule has 3 rings (SSSR count). The van der Waals surface area contributed by atoms with Gasteiger partial charge in [0.15, 0.2) is 0 Å². The molecule has 2 aromatic carbocycles. The molecule has 1 N–H and O–H groups in total. The fourth-order valence-corrected chi connectivity index (χ4v) is 2.64. The number of rotatable bonds is 5. The average Bonchev–Trinajstić information content (AvgIpc) is 2.70. The Morgan fingerprint density at radius 1 is 1.07 bits per heavy atom. The van der Waals surface area contributed by atoms with E-state index in [4.69, 9.17) is 0 Å². The first-order valence-electron chi connectivity index (χ1n) is 8.52. The van der Waals surface area contributed by atoms with Crippen LogP contribution in [0.25, 0.3) is 11.1 Å². The number of aromatic nitrogens is 2. The minimum Gasteiger partial charge on any atom is -0.305 e. The predicted octanol–water partition coefficient (Wildman–Crippen LogP) is 3.28. The van der Waals surface area contributed by atoms with E-state index < -0.39 is 0 Å². The maximum atomic E-state index is 14.1. The zero-order chi connectivity index (χ0) is 19.1. The summed E-state index contributed by atoms with van der Waals surface area (Å²) in [5.41, 5.74) is 4.52. The normalized spacial score (nSPS) is 10.1. The van der Waals surface area contributed by atoms with Crippen molar-refractivity contribution in [3.8, 4) is 23.0 Å². The van der Waals surface area contributed by atoms with Gasteiger partial charge >= 0.3 is 0 Å². The smallest absolute Gasteiger partial charge is 0.136 e. The highest BCUT2D eigenvalue weighted by atomic mass is 19.1. The van der Waals surface area contributed by atoms with Crippen LogP contribution < -0.4 is 5.32 Å². The van der Waals surface area contributed by atoms with Crippen molar-refractivity contribution in [1.29, 1.82) is 0 Å². The van der Waals surface area contributed by atoms with Crippen LogP contribution in [0, 0.1) is 24.6 Å². The van der Waals surface area contributed by atoms with Gasteiger partial charge in [-0.3, -0.25) is 0 Å². The highest BCUT2D eigenvalue weighted by Gasteiger charge is 2.08. The van der Waals surface area contributed by atoms with Crippen LogP contribution in [0.2, 0.25) is 0 Å². The molecule has 3 aromatic rings. The van der Waals surface area contributed by atoms with E-state index in [0.29, 0.717) is 17.8 Å². The minimum absolute atomic E-state index is 0.270. The second-order valence-corrected chi connectivity index (χ2v) is 5.95. The Hall–Kier alpha value is -3.36. The second kappa shape index (κ2) is 8.84. The molecule has 0 aliphatic heterocycles. The lowest BCUT2D eigenvalue weighted by Crippen LogP contribution is -2.16. The molecule has 5 heteroatoms. The molecule has 0 radical (unpaired) electrons. The number of carbonyl (C=O) groups is 1. The minimum atomic E-state index is -0.327. The molecule has 27 heavy (non-hydrogen) atoms. The monoisotopic (exact) mass is 359 g/mol. The number of hydrogen-bond acceptors (Lipinski definition) is 4. The number of benzene rings is 2. The fourth-order valence-electron chi connectivity index (χ4n) is 2.64. The Kier molecular flexibility index (Phi) is 6.03. The zero-order valence-electron chi connectivity index (χ0n) is 14.9. The van der Waals surface area contributed by atoms with Gasteiger partial charge in [-0.2, -0.15) is 5.10 Å². The molecule has 0 bridgehead atoms. The molecule has 0 amide bonds. The van der Waals surface area contributed by atoms with Crippen molar-refractivity contribution in [3.63, 3.8) is 0 Å². The van der Waals surface area contributed by atoms with Crippen LogP contribution in [-0.2, 0) is 11.3 Å². The molecular formula is C22H18FN3O. The van der Waals surface area contributed by atoms with E-state index in [1.165, 1.54) is 12.1 Å². The van der Waals surface area contributed by atoms with E-state index in [9.17, 15) is 9.18 Å². The Morgan fingerprint density at radius 3 is 2.59 bits per heavy atom. The summed E-state index contributed by atoms with van der Waals surface area (Å²) in [5, 5.41) is 11.0. The molecule has 0 fully saturated rings. The van der Waals surface area contributed by atoms with Crippen LogP contribution in [0.4, 0.5) is 4.39 Å². The summed E-state index contributed by atoms with van der Waals surface area (Å²) in [7, 11) is 0. The van der Waals surface area contributed by atoms with Gasteiger partial charge in [-0.1, -0.05) is 36.3 Å². The lowest BCUT2D eigenvalue weighted by atomic mass is 9.96. The molecule has 1 heterocycles. The lowest BCUT2D eigenvalue weighted by molar-refractivity contribution is -0.107. The standard InChI is InChI=1S/C22H18FN3O/c1-16-18(13-19(23)14-22(16)17-5-3-2-4-6-17)7-8-20-9-10-21(26-25-20)15-24-11-12-27/h2-6,9-10,12-14,24H,11,15H2,1H3. The van der Waals surface area contributed by atoms with E-state index in [0.717, 1.165) is 28.7 Å². The molecule has 4 nitrogen and oxygen atoms in total. The van der Waals surface area contributed by atoms with Crippen molar-refractivity contribution < 1.29 is 9.18 Å².